The minimum absolute atomic E-state index is 0.222. The van der Waals surface area contributed by atoms with Gasteiger partial charge in [0, 0.05) is 19.8 Å². The highest BCUT2D eigenvalue weighted by molar-refractivity contribution is 5.45. The minimum atomic E-state index is -0.935. The van der Waals surface area contributed by atoms with Crippen molar-refractivity contribution in [1.29, 1.82) is 0 Å². The highest BCUT2D eigenvalue weighted by Gasteiger charge is 2.31. The zero-order valence-corrected chi connectivity index (χ0v) is 10.1. The van der Waals surface area contributed by atoms with Crippen molar-refractivity contribution in [3.8, 4) is 11.5 Å². The summed E-state index contributed by atoms with van der Waals surface area (Å²) in [5, 5.41) is 0. The van der Waals surface area contributed by atoms with Gasteiger partial charge in [-0.25, -0.2) is 0 Å². The lowest BCUT2D eigenvalue weighted by Gasteiger charge is -2.30. The molecule has 2 N–H and O–H groups in total. The Kier molecular flexibility index (Phi) is 3.51. The van der Waals surface area contributed by atoms with Crippen molar-refractivity contribution in [2.75, 3.05) is 34.0 Å². The third-order valence-corrected chi connectivity index (χ3v) is 2.91. The Morgan fingerprint density at radius 3 is 2.41 bits per heavy atom. The summed E-state index contributed by atoms with van der Waals surface area (Å²) in [7, 11) is 3.13. The molecule has 17 heavy (non-hydrogen) atoms. The number of benzene rings is 1. The molecule has 0 aromatic heterocycles. The number of ether oxygens (including phenoxy) is 4. The van der Waals surface area contributed by atoms with Crippen molar-refractivity contribution in [3.05, 3.63) is 23.8 Å². The van der Waals surface area contributed by atoms with Crippen molar-refractivity contribution >= 4 is 0 Å². The number of nitrogens with two attached hydrogens (primary N) is 1. The summed E-state index contributed by atoms with van der Waals surface area (Å²) in [5.74, 6) is 0.495. The van der Waals surface area contributed by atoms with Crippen LogP contribution < -0.4 is 15.2 Å². The topological polar surface area (TPSA) is 62.9 Å². The van der Waals surface area contributed by atoms with Crippen LogP contribution in [0.3, 0.4) is 0 Å². The Labute approximate surface area is 100 Å². The third kappa shape index (κ3) is 2.09. The number of hydrogen-bond donors (Lipinski definition) is 1. The molecule has 0 amide bonds. The number of methoxy groups -OCH3 is 2. The van der Waals surface area contributed by atoms with E-state index in [4.69, 9.17) is 24.7 Å². The van der Waals surface area contributed by atoms with E-state index in [0.717, 1.165) is 11.3 Å². The van der Waals surface area contributed by atoms with Crippen LogP contribution in [0.4, 0.5) is 0 Å². The molecule has 1 aromatic carbocycles. The van der Waals surface area contributed by atoms with Crippen molar-refractivity contribution in [1.82, 2.24) is 0 Å². The first kappa shape index (κ1) is 12.2. The summed E-state index contributed by atoms with van der Waals surface area (Å²) in [6.45, 7) is 1.34. The molecule has 0 atom stereocenters. The number of hydrogen-bond acceptors (Lipinski definition) is 5. The summed E-state index contributed by atoms with van der Waals surface area (Å²) < 4.78 is 21.7. The molecule has 1 aliphatic rings. The van der Waals surface area contributed by atoms with Crippen molar-refractivity contribution < 1.29 is 18.9 Å². The third-order valence-electron chi connectivity index (χ3n) is 2.91. The van der Waals surface area contributed by atoms with Gasteiger partial charge in [-0.2, -0.15) is 0 Å². The maximum atomic E-state index is 5.71. The molecule has 0 radical (unpaired) electrons. The molecule has 0 spiro atoms. The Morgan fingerprint density at radius 2 is 1.82 bits per heavy atom. The van der Waals surface area contributed by atoms with Crippen LogP contribution in [0.15, 0.2) is 18.2 Å². The number of fused-ring (bicyclic) bond motifs is 1. The van der Waals surface area contributed by atoms with Gasteiger partial charge in [0.05, 0.1) is 6.54 Å². The fourth-order valence-corrected chi connectivity index (χ4v) is 1.88. The molecule has 2 rings (SSSR count). The Balaban J connectivity index is 2.38. The predicted octanol–water partition coefficient (Wildman–Crippen LogP) is 0.862. The van der Waals surface area contributed by atoms with Gasteiger partial charge in [0.25, 0.3) is 0 Å². The van der Waals surface area contributed by atoms with E-state index in [-0.39, 0.29) is 6.54 Å². The summed E-state index contributed by atoms with van der Waals surface area (Å²) in [5.41, 5.74) is 6.53. The molecule has 0 saturated carbocycles. The van der Waals surface area contributed by atoms with Crippen LogP contribution in [0.5, 0.6) is 11.5 Å². The van der Waals surface area contributed by atoms with E-state index in [9.17, 15) is 0 Å². The molecule has 5 nitrogen and oxygen atoms in total. The molecular formula is C12H17NO4. The predicted molar refractivity (Wildman–Crippen MR) is 62.2 cm³/mol. The first-order chi connectivity index (χ1) is 8.25. The Hall–Kier alpha value is -1.30. The van der Waals surface area contributed by atoms with E-state index in [2.05, 4.69) is 0 Å². The van der Waals surface area contributed by atoms with Crippen LogP contribution in [-0.2, 0) is 15.3 Å². The monoisotopic (exact) mass is 239 g/mol. The molecule has 5 heteroatoms. The van der Waals surface area contributed by atoms with E-state index < -0.39 is 5.79 Å². The molecule has 0 bridgehead atoms. The van der Waals surface area contributed by atoms with Gasteiger partial charge >= 0.3 is 0 Å². The highest BCUT2D eigenvalue weighted by atomic mass is 16.7. The van der Waals surface area contributed by atoms with Gasteiger partial charge in [-0.15, -0.1) is 0 Å². The second-order valence-electron chi connectivity index (χ2n) is 3.72. The maximum Gasteiger partial charge on any atom is 0.207 e. The van der Waals surface area contributed by atoms with Gasteiger partial charge < -0.3 is 24.7 Å². The molecule has 0 fully saturated rings. The van der Waals surface area contributed by atoms with E-state index in [1.807, 2.05) is 18.2 Å². The smallest absolute Gasteiger partial charge is 0.207 e. The largest absolute Gasteiger partial charge is 0.486 e. The highest BCUT2D eigenvalue weighted by Crippen LogP contribution is 2.35. The molecule has 0 saturated heterocycles. The van der Waals surface area contributed by atoms with Crippen LogP contribution >= 0.6 is 0 Å². The van der Waals surface area contributed by atoms with Gasteiger partial charge in [0.15, 0.2) is 11.5 Å². The van der Waals surface area contributed by atoms with Crippen molar-refractivity contribution in [3.63, 3.8) is 0 Å². The van der Waals surface area contributed by atoms with Gasteiger partial charge in [-0.05, 0) is 18.2 Å². The zero-order valence-electron chi connectivity index (χ0n) is 10.1. The Morgan fingerprint density at radius 1 is 1.18 bits per heavy atom. The van der Waals surface area contributed by atoms with Crippen molar-refractivity contribution in [2.24, 2.45) is 5.73 Å². The second-order valence-corrected chi connectivity index (χ2v) is 3.72. The summed E-state index contributed by atoms with van der Waals surface area (Å²) in [4.78, 5) is 0. The average molecular weight is 239 g/mol. The minimum Gasteiger partial charge on any atom is -0.486 e. The molecule has 1 aliphatic heterocycles. The maximum absolute atomic E-state index is 5.71. The van der Waals surface area contributed by atoms with E-state index in [0.29, 0.717) is 19.0 Å². The van der Waals surface area contributed by atoms with Crippen LogP contribution in [0.25, 0.3) is 0 Å². The second kappa shape index (κ2) is 4.91. The van der Waals surface area contributed by atoms with Gasteiger partial charge in [0.2, 0.25) is 5.79 Å². The molecule has 94 valence electrons. The summed E-state index contributed by atoms with van der Waals surface area (Å²) in [6, 6.07) is 5.55. The van der Waals surface area contributed by atoms with E-state index >= 15 is 0 Å². The van der Waals surface area contributed by atoms with Crippen LogP contribution in [0, 0.1) is 0 Å². The SMILES string of the molecule is COC(CN)(OC)c1ccc2c(c1)OCCO2. The molecule has 1 aromatic rings. The van der Waals surface area contributed by atoms with Gasteiger partial charge in [-0.1, -0.05) is 0 Å². The van der Waals surface area contributed by atoms with Crippen LogP contribution in [-0.4, -0.2) is 34.0 Å². The normalized spacial score (nSPS) is 14.8. The summed E-state index contributed by atoms with van der Waals surface area (Å²) in [6.07, 6.45) is 0. The molecule has 1 heterocycles. The zero-order chi connectivity index (χ0) is 12.3. The standard InChI is InChI=1S/C12H17NO4/c1-14-12(8-13,15-2)9-3-4-10-11(7-9)17-6-5-16-10/h3-4,7H,5-6,8,13H2,1-2H3. The Bertz CT molecular complexity index is 382. The van der Waals surface area contributed by atoms with E-state index in [1.165, 1.54) is 0 Å². The first-order valence-corrected chi connectivity index (χ1v) is 5.46. The quantitative estimate of drug-likeness (QED) is 0.790. The summed E-state index contributed by atoms with van der Waals surface area (Å²) >= 11 is 0. The lowest BCUT2D eigenvalue weighted by Crippen LogP contribution is -2.39. The number of rotatable bonds is 4. The lowest BCUT2D eigenvalue weighted by molar-refractivity contribution is -0.208. The lowest BCUT2D eigenvalue weighted by atomic mass is 10.0. The van der Waals surface area contributed by atoms with Crippen molar-refractivity contribution in [2.45, 2.75) is 5.79 Å². The fraction of sp³-hybridized carbons (Fsp3) is 0.500. The van der Waals surface area contributed by atoms with Gasteiger partial charge in [-0.3, -0.25) is 0 Å². The van der Waals surface area contributed by atoms with E-state index in [1.54, 1.807) is 14.2 Å². The van der Waals surface area contributed by atoms with Crippen LogP contribution in [0.2, 0.25) is 0 Å². The fourth-order valence-electron chi connectivity index (χ4n) is 1.88. The first-order valence-electron chi connectivity index (χ1n) is 5.46. The van der Waals surface area contributed by atoms with Crippen LogP contribution in [0.1, 0.15) is 5.56 Å². The average Bonchev–Trinajstić information content (AvgIpc) is 2.41. The van der Waals surface area contributed by atoms with Gasteiger partial charge in [0.1, 0.15) is 13.2 Å². The molecule has 0 unspecified atom stereocenters. The molecule has 0 aliphatic carbocycles. The molecular weight excluding hydrogens is 222 g/mol.